The Morgan fingerprint density at radius 2 is 2.25 bits per heavy atom. The van der Waals surface area contributed by atoms with Gasteiger partial charge in [-0.1, -0.05) is 31.9 Å². The molecule has 1 aromatic carbocycles. The molecule has 1 heterocycles. The normalized spacial score (nSPS) is 10.7. The van der Waals surface area contributed by atoms with Gasteiger partial charge in [0.2, 0.25) is 0 Å². The van der Waals surface area contributed by atoms with Crippen LogP contribution in [-0.4, -0.2) is 13.1 Å². The highest BCUT2D eigenvalue weighted by Gasteiger charge is 2.18. The van der Waals surface area contributed by atoms with Crippen LogP contribution in [-0.2, 0) is 10.1 Å². The van der Waals surface area contributed by atoms with Crippen molar-refractivity contribution < 1.29 is 9.53 Å². The lowest BCUT2D eigenvalue weighted by Crippen LogP contribution is -2.02. The molecule has 2 aromatic rings. The number of hydrogen-bond donors (Lipinski definition) is 0. The van der Waals surface area contributed by atoms with Gasteiger partial charge in [0.25, 0.3) is 0 Å². The fourth-order valence-electron chi connectivity index (χ4n) is 1.54. The summed E-state index contributed by atoms with van der Waals surface area (Å²) >= 11 is 8.41. The highest BCUT2D eigenvalue weighted by Crippen LogP contribution is 2.34. The van der Waals surface area contributed by atoms with Crippen molar-refractivity contribution in [1.82, 2.24) is 0 Å². The zero-order valence-corrected chi connectivity index (χ0v) is 12.4. The highest BCUT2D eigenvalue weighted by atomic mass is 79.9. The van der Waals surface area contributed by atoms with Crippen LogP contribution in [0.5, 0.6) is 0 Å². The molecular formula is C11H8Br2O2S. The Balaban J connectivity index is 2.75. The summed E-state index contributed by atoms with van der Waals surface area (Å²) in [4.78, 5) is 12.7. The number of fused-ring (bicyclic) bond motifs is 1. The molecule has 0 radical (unpaired) electrons. The van der Waals surface area contributed by atoms with Crippen LogP contribution < -0.4 is 0 Å². The number of thiophene rings is 1. The van der Waals surface area contributed by atoms with Gasteiger partial charge in [0, 0.05) is 24.8 Å². The molecule has 84 valence electrons. The van der Waals surface area contributed by atoms with Crippen LogP contribution in [0, 0.1) is 0 Å². The van der Waals surface area contributed by atoms with Crippen molar-refractivity contribution in [3.8, 4) is 0 Å². The third kappa shape index (κ3) is 2.04. The molecule has 0 atom stereocenters. The average Bonchev–Trinajstić information content (AvgIpc) is 2.65. The molecule has 0 bridgehead atoms. The van der Waals surface area contributed by atoms with E-state index in [0.717, 1.165) is 19.4 Å². The number of ether oxygens (including phenoxy) is 1. The first kappa shape index (κ1) is 12.1. The van der Waals surface area contributed by atoms with E-state index in [4.69, 9.17) is 4.74 Å². The van der Waals surface area contributed by atoms with Gasteiger partial charge in [-0.2, -0.15) is 0 Å². The molecule has 2 nitrogen and oxygen atoms in total. The molecule has 16 heavy (non-hydrogen) atoms. The average molecular weight is 364 g/mol. The fourth-order valence-corrected chi connectivity index (χ4v) is 3.55. The number of rotatable bonds is 2. The second-order valence-electron chi connectivity index (χ2n) is 3.17. The van der Waals surface area contributed by atoms with Crippen LogP contribution in [0.3, 0.4) is 0 Å². The van der Waals surface area contributed by atoms with E-state index in [1.807, 2.05) is 18.2 Å². The van der Waals surface area contributed by atoms with E-state index in [0.29, 0.717) is 10.9 Å². The molecule has 0 aliphatic carbocycles. The molecule has 0 saturated heterocycles. The highest BCUT2D eigenvalue weighted by molar-refractivity contribution is 9.10. The lowest BCUT2D eigenvalue weighted by molar-refractivity contribution is 0.0603. The first-order chi connectivity index (χ1) is 7.67. The molecule has 5 heteroatoms. The van der Waals surface area contributed by atoms with E-state index in [1.54, 1.807) is 11.3 Å². The molecule has 0 spiro atoms. The Labute approximate surface area is 114 Å². The minimum atomic E-state index is -0.279. The number of methoxy groups -OCH3 is 1. The van der Waals surface area contributed by atoms with E-state index in [2.05, 4.69) is 31.9 Å². The van der Waals surface area contributed by atoms with Crippen LogP contribution in [0.2, 0.25) is 0 Å². The largest absolute Gasteiger partial charge is 0.465 e. The lowest BCUT2D eigenvalue weighted by atomic mass is 10.1. The predicted molar refractivity (Wildman–Crippen MR) is 73.5 cm³/mol. The quantitative estimate of drug-likeness (QED) is 0.585. The maximum atomic E-state index is 11.7. The van der Waals surface area contributed by atoms with Crippen molar-refractivity contribution in [3.05, 3.63) is 33.1 Å². The number of carbonyl (C=O) groups excluding carboxylic acids is 1. The maximum absolute atomic E-state index is 11.7. The van der Waals surface area contributed by atoms with E-state index >= 15 is 0 Å². The van der Waals surface area contributed by atoms with Gasteiger partial charge >= 0.3 is 5.97 Å². The van der Waals surface area contributed by atoms with Crippen molar-refractivity contribution in [2.24, 2.45) is 0 Å². The number of halogens is 2. The standard InChI is InChI=1S/C11H8Br2O2S/c1-15-11(14)10-7-4-6(13)2-3-8(7)16-9(10)5-12/h2-4H,5H2,1H3. The summed E-state index contributed by atoms with van der Waals surface area (Å²) in [7, 11) is 1.40. The summed E-state index contributed by atoms with van der Waals surface area (Å²) in [5, 5.41) is 1.61. The summed E-state index contributed by atoms with van der Waals surface area (Å²) in [6.45, 7) is 0. The molecule has 0 aliphatic heterocycles. The first-order valence-electron chi connectivity index (χ1n) is 4.52. The monoisotopic (exact) mass is 362 g/mol. The third-order valence-electron chi connectivity index (χ3n) is 2.23. The zero-order chi connectivity index (χ0) is 11.7. The Morgan fingerprint density at radius 1 is 1.50 bits per heavy atom. The Morgan fingerprint density at radius 3 is 2.88 bits per heavy atom. The fraction of sp³-hybridized carbons (Fsp3) is 0.182. The topological polar surface area (TPSA) is 26.3 Å². The number of carbonyl (C=O) groups is 1. The summed E-state index contributed by atoms with van der Waals surface area (Å²) in [6.07, 6.45) is 0. The van der Waals surface area contributed by atoms with Crippen LogP contribution in [0.1, 0.15) is 15.2 Å². The number of esters is 1. The van der Waals surface area contributed by atoms with E-state index < -0.39 is 0 Å². The summed E-state index contributed by atoms with van der Waals surface area (Å²) < 4.78 is 6.87. The van der Waals surface area contributed by atoms with Crippen molar-refractivity contribution in [2.45, 2.75) is 5.33 Å². The third-order valence-corrected chi connectivity index (χ3v) is 4.83. The second kappa shape index (κ2) is 4.85. The molecule has 0 aliphatic rings. The van der Waals surface area contributed by atoms with Crippen LogP contribution in [0.15, 0.2) is 22.7 Å². The Bertz CT molecular complexity index is 548. The van der Waals surface area contributed by atoms with Gasteiger partial charge in [-0.15, -0.1) is 11.3 Å². The van der Waals surface area contributed by atoms with Crippen molar-refractivity contribution >= 4 is 59.3 Å². The molecule has 1 aromatic heterocycles. The van der Waals surface area contributed by atoms with Gasteiger partial charge in [0.1, 0.15) is 0 Å². The predicted octanol–water partition coefficient (Wildman–Crippen LogP) is 4.35. The molecule has 0 fully saturated rings. The second-order valence-corrected chi connectivity index (χ2v) is 5.78. The van der Waals surface area contributed by atoms with Gasteiger partial charge in [-0.3, -0.25) is 0 Å². The summed E-state index contributed by atoms with van der Waals surface area (Å²) in [6, 6.07) is 5.92. The van der Waals surface area contributed by atoms with Crippen LogP contribution in [0.25, 0.3) is 10.1 Å². The van der Waals surface area contributed by atoms with Gasteiger partial charge < -0.3 is 4.74 Å². The minimum absolute atomic E-state index is 0.279. The minimum Gasteiger partial charge on any atom is -0.465 e. The van der Waals surface area contributed by atoms with Crippen LogP contribution >= 0.6 is 43.2 Å². The molecule has 0 unspecified atom stereocenters. The van der Waals surface area contributed by atoms with Crippen molar-refractivity contribution in [1.29, 1.82) is 0 Å². The molecule has 0 N–H and O–H groups in total. The zero-order valence-electron chi connectivity index (χ0n) is 8.42. The summed E-state index contributed by atoms with van der Waals surface area (Å²) in [5.41, 5.74) is 0.667. The van der Waals surface area contributed by atoms with E-state index in [1.165, 1.54) is 7.11 Å². The van der Waals surface area contributed by atoms with Crippen LogP contribution in [0.4, 0.5) is 0 Å². The molecule has 0 amide bonds. The molecule has 0 saturated carbocycles. The number of hydrogen-bond acceptors (Lipinski definition) is 3. The van der Waals surface area contributed by atoms with Crippen molar-refractivity contribution in [2.75, 3.05) is 7.11 Å². The van der Waals surface area contributed by atoms with Gasteiger partial charge in [0.15, 0.2) is 0 Å². The van der Waals surface area contributed by atoms with E-state index in [-0.39, 0.29) is 5.97 Å². The number of benzene rings is 1. The summed E-state index contributed by atoms with van der Waals surface area (Å²) in [5.74, 6) is -0.279. The SMILES string of the molecule is COC(=O)c1c(CBr)sc2ccc(Br)cc12. The molecule has 2 rings (SSSR count). The first-order valence-corrected chi connectivity index (χ1v) is 7.25. The Hall–Kier alpha value is -0.390. The lowest BCUT2D eigenvalue weighted by Gasteiger charge is -2.00. The Kier molecular flexibility index (Phi) is 3.66. The van der Waals surface area contributed by atoms with Gasteiger partial charge in [-0.25, -0.2) is 4.79 Å². The van der Waals surface area contributed by atoms with Crippen molar-refractivity contribution in [3.63, 3.8) is 0 Å². The van der Waals surface area contributed by atoms with Gasteiger partial charge in [-0.05, 0) is 18.2 Å². The van der Waals surface area contributed by atoms with Gasteiger partial charge in [0.05, 0.1) is 12.7 Å². The number of alkyl halides is 1. The maximum Gasteiger partial charge on any atom is 0.339 e. The van der Waals surface area contributed by atoms with E-state index in [9.17, 15) is 4.79 Å². The molecular weight excluding hydrogens is 356 g/mol. The smallest absolute Gasteiger partial charge is 0.339 e.